The van der Waals surface area contributed by atoms with Crippen molar-refractivity contribution < 1.29 is 0 Å². The molecule has 0 aromatic heterocycles. The molecule has 2 aromatic carbocycles. The third-order valence-corrected chi connectivity index (χ3v) is 5.42. The van der Waals surface area contributed by atoms with Crippen LogP contribution < -0.4 is 0 Å². The van der Waals surface area contributed by atoms with E-state index < -0.39 is 0 Å². The molecule has 2 atom stereocenters. The Bertz CT molecular complexity index is 426. The maximum Gasteiger partial charge on any atom is -0.0184 e. The van der Waals surface area contributed by atoms with E-state index in [4.69, 9.17) is 0 Å². The monoisotopic (exact) mass is 314 g/mol. The number of rotatable bonds is 7. The SMILES string of the molecule is CCCPCC(C)CCC.c1ccc(-c2ccccc2)cc1. The van der Waals surface area contributed by atoms with E-state index in [0.29, 0.717) is 0 Å². The van der Waals surface area contributed by atoms with Crippen LogP contribution >= 0.6 is 8.58 Å². The molecule has 1 heteroatoms. The van der Waals surface area contributed by atoms with Gasteiger partial charge in [0, 0.05) is 0 Å². The predicted octanol–water partition coefficient (Wildman–Crippen LogP) is 6.86. The minimum Gasteiger partial charge on any atom is -0.122 e. The fraction of sp³-hybridized carbons (Fsp3) is 0.429. The summed E-state index contributed by atoms with van der Waals surface area (Å²) < 4.78 is 0. The summed E-state index contributed by atoms with van der Waals surface area (Å²) in [5.74, 6) is 0.981. The molecular weight excluding hydrogens is 283 g/mol. The van der Waals surface area contributed by atoms with E-state index in [1.54, 1.807) is 0 Å². The van der Waals surface area contributed by atoms with Gasteiger partial charge < -0.3 is 0 Å². The van der Waals surface area contributed by atoms with Crippen molar-refractivity contribution in [2.75, 3.05) is 12.3 Å². The predicted molar refractivity (Wildman–Crippen MR) is 104 cm³/mol. The Kier molecular flexibility index (Phi) is 10.7. The van der Waals surface area contributed by atoms with Crippen LogP contribution in [0, 0.1) is 5.92 Å². The summed E-state index contributed by atoms with van der Waals surface area (Å²) in [4.78, 5) is 0. The van der Waals surface area contributed by atoms with Gasteiger partial charge in [-0.05, 0) is 29.4 Å². The molecule has 0 amide bonds. The minimum absolute atomic E-state index is 0.981. The molecule has 0 heterocycles. The van der Waals surface area contributed by atoms with Gasteiger partial charge in [0.05, 0.1) is 0 Å². The highest BCUT2D eigenvalue weighted by Crippen LogP contribution is 2.19. The van der Waals surface area contributed by atoms with Crippen molar-refractivity contribution in [1.29, 1.82) is 0 Å². The van der Waals surface area contributed by atoms with Gasteiger partial charge in [-0.25, -0.2) is 0 Å². The quantitative estimate of drug-likeness (QED) is 0.386. The van der Waals surface area contributed by atoms with Crippen molar-refractivity contribution in [1.82, 2.24) is 0 Å². The molecule has 0 aliphatic carbocycles. The second-order valence-corrected chi connectivity index (χ2v) is 7.24. The molecule has 0 saturated heterocycles. The largest absolute Gasteiger partial charge is 0.122 e. The Morgan fingerprint density at radius 3 is 1.68 bits per heavy atom. The zero-order valence-electron chi connectivity index (χ0n) is 14.4. The average molecular weight is 314 g/mol. The fourth-order valence-electron chi connectivity index (χ4n) is 2.38. The molecule has 120 valence electrons. The standard InChI is InChI=1S/C12H10.C9H21P/c1-3-7-11(8-4-1)12-9-5-2-6-10-12;1-4-6-9(3)8-10-7-5-2/h1-10H;9-10H,4-8H2,1-3H3. The number of benzene rings is 2. The molecule has 0 bridgehead atoms. The van der Waals surface area contributed by atoms with Crippen LogP contribution in [0.1, 0.15) is 40.0 Å². The molecule has 0 saturated carbocycles. The molecule has 0 radical (unpaired) electrons. The Hall–Kier alpha value is -1.13. The van der Waals surface area contributed by atoms with Crippen molar-refractivity contribution in [3.05, 3.63) is 60.7 Å². The number of hydrogen-bond acceptors (Lipinski definition) is 0. The van der Waals surface area contributed by atoms with E-state index in [1.807, 2.05) is 12.1 Å². The summed E-state index contributed by atoms with van der Waals surface area (Å²) >= 11 is 0. The molecular formula is C21H31P. The van der Waals surface area contributed by atoms with Crippen molar-refractivity contribution in [3.8, 4) is 11.1 Å². The Morgan fingerprint density at radius 2 is 1.27 bits per heavy atom. The first-order valence-electron chi connectivity index (χ1n) is 8.59. The van der Waals surface area contributed by atoms with Crippen molar-refractivity contribution in [2.24, 2.45) is 5.92 Å². The molecule has 22 heavy (non-hydrogen) atoms. The molecule has 0 N–H and O–H groups in total. The average Bonchev–Trinajstić information content (AvgIpc) is 2.58. The minimum atomic E-state index is 0.981. The van der Waals surface area contributed by atoms with Gasteiger partial charge in [-0.1, -0.05) is 101 Å². The van der Waals surface area contributed by atoms with Crippen molar-refractivity contribution in [2.45, 2.75) is 40.0 Å². The van der Waals surface area contributed by atoms with E-state index in [9.17, 15) is 0 Å². The van der Waals surface area contributed by atoms with Crippen molar-refractivity contribution in [3.63, 3.8) is 0 Å². The van der Waals surface area contributed by atoms with Crippen LogP contribution in [0.5, 0.6) is 0 Å². The maximum absolute atomic E-state index is 2.38. The third-order valence-electron chi connectivity index (χ3n) is 3.58. The molecule has 0 fully saturated rings. The molecule has 2 rings (SSSR count). The first-order valence-corrected chi connectivity index (χ1v) is 10.0. The molecule has 0 aliphatic rings. The molecule has 0 aliphatic heterocycles. The van der Waals surface area contributed by atoms with Gasteiger partial charge in [0.1, 0.15) is 0 Å². The van der Waals surface area contributed by atoms with Crippen LogP contribution in [0.25, 0.3) is 11.1 Å². The lowest BCUT2D eigenvalue weighted by atomic mass is 10.1. The highest BCUT2D eigenvalue weighted by molar-refractivity contribution is 7.37. The van der Waals surface area contributed by atoms with Gasteiger partial charge in [-0.15, -0.1) is 8.58 Å². The molecule has 0 spiro atoms. The van der Waals surface area contributed by atoms with Crippen LogP contribution in [0.4, 0.5) is 0 Å². The van der Waals surface area contributed by atoms with E-state index in [1.165, 1.54) is 51.3 Å². The zero-order valence-corrected chi connectivity index (χ0v) is 15.4. The van der Waals surface area contributed by atoms with Crippen LogP contribution in [0.3, 0.4) is 0 Å². The smallest absolute Gasteiger partial charge is 0.0184 e. The second-order valence-electron chi connectivity index (χ2n) is 5.83. The third kappa shape index (κ3) is 8.35. The van der Waals surface area contributed by atoms with Gasteiger partial charge in [-0.3, -0.25) is 0 Å². The summed E-state index contributed by atoms with van der Waals surface area (Å²) in [6.07, 6.45) is 7.08. The Balaban J connectivity index is 0.000000225. The lowest BCUT2D eigenvalue weighted by molar-refractivity contribution is 0.583. The first-order chi connectivity index (χ1) is 10.8. The summed E-state index contributed by atoms with van der Waals surface area (Å²) in [5.41, 5.74) is 2.55. The molecule has 2 aromatic rings. The summed E-state index contributed by atoms with van der Waals surface area (Å²) in [6.45, 7) is 6.93. The van der Waals surface area contributed by atoms with Gasteiger partial charge in [0.25, 0.3) is 0 Å². The summed E-state index contributed by atoms with van der Waals surface area (Å²) in [5, 5.41) is 0. The summed E-state index contributed by atoms with van der Waals surface area (Å²) in [6, 6.07) is 20.8. The van der Waals surface area contributed by atoms with Crippen LogP contribution in [-0.2, 0) is 0 Å². The zero-order chi connectivity index (χ0) is 16.0. The van der Waals surface area contributed by atoms with E-state index in [2.05, 4.69) is 69.3 Å². The van der Waals surface area contributed by atoms with E-state index in [0.717, 1.165) is 5.92 Å². The van der Waals surface area contributed by atoms with Gasteiger partial charge in [0.15, 0.2) is 0 Å². The van der Waals surface area contributed by atoms with Crippen LogP contribution in [0.15, 0.2) is 60.7 Å². The topological polar surface area (TPSA) is 0 Å². The Labute approximate surface area is 139 Å². The molecule has 2 unspecified atom stereocenters. The number of hydrogen-bond donors (Lipinski definition) is 0. The van der Waals surface area contributed by atoms with Crippen LogP contribution in [0.2, 0.25) is 0 Å². The van der Waals surface area contributed by atoms with Gasteiger partial charge >= 0.3 is 0 Å². The molecule has 0 nitrogen and oxygen atoms in total. The highest BCUT2D eigenvalue weighted by atomic mass is 31.1. The summed E-state index contributed by atoms with van der Waals surface area (Å²) in [7, 11) is 1.22. The lowest BCUT2D eigenvalue weighted by Crippen LogP contribution is -1.96. The fourth-order valence-corrected chi connectivity index (χ4v) is 3.64. The first kappa shape index (κ1) is 18.9. The maximum atomic E-state index is 2.38. The van der Waals surface area contributed by atoms with Gasteiger partial charge in [-0.2, -0.15) is 0 Å². The lowest BCUT2D eigenvalue weighted by Gasteiger charge is -2.08. The van der Waals surface area contributed by atoms with E-state index >= 15 is 0 Å². The second kappa shape index (κ2) is 12.4. The van der Waals surface area contributed by atoms with E-state index in [-0.39, 0.29) is 0 Å². The Morgan fingerprint density at radius 1 is 0.773 bits per heavy atom. The van der Waals surface area contributed by atoms with Gasteiger partial charge in [0.2, 0.25) is 0 Å². The van der Waals surface area contributed by atoms with Crippen LogP contribution in [-0.4, -0.2) is 12.3 Å². The van der Waals surface area contributed by atoms with Crippen molar-refractivity contribution >= 4 is 8.58 Å². The normalized spacial score (nSPS) is 12.0. The highest BCUT2D eigenvalue weighted by Gasteiger charge is 1.98.